The van der Waals surface area contributed by atoms with Crippen molar-refractivity contribution in [3.8, 4) is 0 Å². The van der Waals surface area contributed by atoms with E-state index in [0.717, 1.165) is 34.5 Å². The first-order chi connectivity index (χ1) is 17.4. The predicted molar refractivity (Wildman–Crippen MR) is 137 cm³/mol. The van der Waals surface area contributed by atoms with Crippen LogP contribution in [0.15, 0.2) is 71.6 Å². The van der Waals surface area contributed by atoms with Crippen molar-refractivity contribution >= 4 is 21.4 Å². The van der Waals surface area contributed by atoms with Gasteiger partial charge in [-0.05, 0) is 71.5 Å². The van der Waals surface area contributed by atoms with Crippen LogP contribution < -0.4 is 10.6 Å². The average Bonchev–Trinajstić information content (AvgIpc) is 3.25. The van der Waals surface area contributed by atoms with Gasteiger partial charge in [-0.3, -0.25) is 4.79 Å². The quantitative estimate of drug-likeness (QED) is 0.442. The Morgan fingerprint density at radius 3 is 2.22 bits per heavy atom. The molecule has 1 amide bonds. The Labute approximate surface area is 215 Å². The largest absolute Gasteiger partial charge is 0.416 e. The summed E-state index contributed by atoms with van der Waals surface area (Å²) in [6, 6.07) is 17.4. The Bertz CT molecular complexity index is 1390. The molecule has 0 spiro atoms. The van der Waals surface area contributed by atoms with Gasteiger partial charge in [0.2, 0.25) is 5.91 Å². The lowest BCUT2D eigenvalue weighted by Gasteiger charge is -2.21. The fourth-order valence-electron chi connectivity index (χ4n) is 4.90. The van der Waals surface area contributed by atoms with Crippen molar-refractivity contribution in [3.63, 3.8) is 0 Å². The average molecular weight is 531 g/mol. The molecule has 0 radical (unpaired) electrons. The van der Waals surface area contributed by atoms with Gasteiger partial charge < -0.3 is 10.6 Å². The summed E-state index contributed by atoms with van der Waals surface area (Å²) in [7, 11) is -3.31. The Kier molecular flexibility index (Phi) is 7.37. The van der Waals surface area contributed by atoms with Crippen LogP contribution in [-0.2, 0) is 22.4 Å². The lowest BCUT2D eigenvalue weighted by molar-refractivity contribution is -0.137. The van der Waals surface area contributed by atoms with E-state index in [1.165, 1.54) is 0 Å². The molecule has 1 fully saturated rings. The van der Waals surface area contributed by atoms with E-state index in [1.54, 1.807) is 49.4 Å². The lowest BCUT2D eigenvalue weighted by Crippen LogP contribution is -2.21. The Balaban J connectivity index is 1.57. The number of hydrogen-bond acceptors (Lipinski definition) is 4. The topological polar surface area (TPSA) is 80.5 Å². The highest BCUT2D eigenvalue weighted by Gasteiger charge is 2.33. The highest BCUT2D eigenvalue weighted by atomic mass is 32.2. The normalized spacial score (nSPS) is 18.2. The number of primary amides is 1. The van der Waals surface area contributed by atoms with Crippen LogP contribution in [0.3, 0.4) is 0 Å². The zero-order valence-electron chi connectivity index (χ0n) is 20.6. The Morgan fingerprint density at radius 1 is 1.00 bits per heavy atom. The summed E-state index contributed by atoms with van der Waals surface area (Å²) in [6.07, 6.45) is -3.97. The highest BCUT2D eigenvalue weighted by Crippen LogP contribution is 2.37. The zero-order chi connectivity index (χ0) is 27.0. The summed E-state index contributed by atoms with van der Waals surface area (Å²) in [6.45, 7) is 5.01. The van der Waals surface area contributed by atoms with E-state index in [2.05, 4.69) is 11.8 Å². The third kappa shape index (κ3) is 5.82. The third-order valence-corrected chi connectivity index (χ3v) is 8.81. The molecule has 1 aliphatic heterocycles. The number of nitrogens with zero attached hydrogens (tertiary/aromatic N) is 1. The molecule has 1 saturated heterocycles. The summed E-state index contributed by atoms with van der Waals surface area (Å²) in [5.41, 5.74) is 8.67. The number of halogens is 3. The standard InChI is InChI=1S/C28H29F3N2O3S/c1-3-37(35,36)24-11-4-19(5-12-24)14-21-15-23(10-13-25(21)27(32)34)33-16-18(2)26(17-33)20-6-8-22(9-7-20)28(29,30)31/h4-13,15,18,26H,3,14,16-17H2,1-2H3,(H2,32,34). The molecule has 196 valence electrons. The van der Waals surface area contributed by atoms with Crippen molar-refractivity contribution in [2.24, 2.45) is 11.7 Å². The molecule has 4 rings (SSSR count). The Morgan fingerprint density at radius 2 is 1.65 bits per heavy atom. The maximum absolute atomic E-state index is 13.0. The summed E-state index contributed by atoms with van der Waals surface area (Å²) in [5, 5.41) is 0. The second-order valence-corrected chi connectivity index (χ2v) is 11.8. The molecule has 2 unspecified atom stereocenters. The molecule has 1 heterocycles. The molecule has 1 aliphatic rings. The van der Waals surface area contributed by atoms with Crippen molar-refractivity contribution < 1.29 is 26.4 Å². The minimum Gasteiger partial charge on any atom is -0.371 e. The number of carbonyl (C=O) groups is 1. The van der Waals surface area contributed by atoms with Crippen LogP contribution in [0.4, 0.5) is 18.9 Å². The summed E-state index contributed by atoms with van der Waals surface area (Å²) in [5.74, 6) is -0.259. The third-order valence-electron chi connectivity index (χ3n) is 7.06. The van der Waals surface area contributed by atoms with E-state index in [1.807, 2.05) is 12.1 Å². The van der Waals surface area contributed by atoms with Gasteiger partial charge in [0, 0.05) is 30.3 Å². The van der Waals surface area contributed by atoms with Crippen LogP contribution in [0.1, 0.15) is 52.4 Å². The fourth-order valence-corrected chi connectivity index (χ4v) is 5.78. The zero-order valence-corrected chi connectivity index (χ0v) is 21.4. The van der Waals surface area contributed by atoms with Gasteiger partial charge in [0.25, 0.3) is 0 Å². The van der Waals surface area contributed by atoms with Gasteiger partial charge >= 0.3 is 6.18 Å². The first kappa shape index (κ1) is 26.7. The van der Waals surface area contributed by atoms with Gasteiger partial charge in [-0.1, -0.05) is 38.1 Å². The van der Waals surface area contributed by atoms with Crippen LogP contribution in [0.25, 0.3) is 0 Å². The van der Waals surface area contributed by atoms with E-state index in [9.17, 15) is 26.4 Å². The summed E-state index contributed by atoms with van der Waals surface area (Å²) in [4.78, 5) is 14.5. The van der Waals surface area contributed by atoms with Crippen molar-refractivity contribution in [1.29, 1.82) is 0 Å². The van der Waals surface area contributed by atoms with Crippen molar-refractivity contribution in [2.45, 2.75) is 37.3 Å². The summed E-state index contributed by atoms with van der Waals surface area (Å²) >= 11 is 0. The number of sulfone groups is 1. The van der Waals surface area contributed by atoms with E-state index in [0.29, 0.717) is 25.1 Å². The van der Waals surface area contributed by atoms with Crippen molar-refractivity contribution in [2.75, 3.05) is 23.7 Å². The second kappa shape index (κ2) is 10.2. The molecule has 2 atom stereocenters. The first-order valence-corrected chi connectivity index (χ1v) is 13.7. The van der Waals surface area contributed by atoms with E-state index in [4.69, 9.17) is 5.73 Å². The predicted octanol–water partition coefficient (Wildman–Crippen LogP) is 5.43. The minimum atomic E-state index is -4.37. The van der Waals surface area contributed by atoms with Gasteiger partial charge in [-0.25, -0.2) is 8.42 Å². The number of amides is 1. The summed E-state index contributed by atoms with van der Waals surface area (Å²) < 4.78 is 63.1. The molecule has 0 bridgehead atoms. The lowest BCUT2D eigenvalue weighted by atomic mass is 9.90. The fraction of sp³-hybridized carbons (Fsp3) is 0.321. The van der Waals surface area contributed by atoms with Gasteiger partial charge in [-0.2, -0.15) is 13.2 Å². The molecular weight excluding hydrogens is 501 g/mol. The van der Waals surface area contributed by atoms with Crippen molar-refractivity contribution in [1.82, 2.24) is 0 Å². The van der Waals surface area contributed by atoms with Crippen LogP contribution >= 0.6 is 0 Å². The van der Waals surface area contributed by atoms with Crippen LogP contribution in [0.2, 0.25) is 0 Å². The van der Waals surface area contributed by atoms with Crippen LogP contribution in [0.5, 0.6) is 0 Å². The first-order valence-electron chi connectivity index (χ1n) is 12.1. The van der Waals surface area contributed by atoms with E-state index >= 15 is 0 Å². The molecule has 0 saturated carbocycles. The van der Waals surface area contributed by atoms with Crippen LogP contribution in [0, 0.1) is 5.92 Å². The molecule has 0 aromatic heterocycles. The number of alkyl halides is 3. The SMILES string of the molecule is CCS(=O)(=O)c1ccc(Cc2cc(N3CC(C)C(c4ccc(C(F)(F)F)cc4)C3)ccc2C(N)=O)cc1. The number of nitrogens with two attached hydrogens (primary N) is 1. The van der Waals surface area contributed by atoms with Crippen LogP contribution in [-0.4, -0.2) is 33.2 Å². The maximum atomic E-state index is 13.0. The van der Waals surface area contributed by atoms with Crippen molar-refractivity contribution in [3.05, 3.63) is 94.5 Å². The highest BCUT2D eigenvalue weighted by molar-refractivity contribution is 7.91. The molecule has 3 aromatic carbocycles. The molecular formula is C28H29F3N2O3S. The molecule has 0 aliphatic carbocycles. The minimum absolute atomic E-state index is 0.0158. The number of anilines is 1. The van der Waals surface area contributed by atoms with Gasteiger partial charge in [0.1, 0.15) is 0 Å². The monoisotopic (exact) mass is 530 g/mol. The number of rotatable bonds is 7. The van der Waals surface area contributed by atoms with Gasteiger partial charge in [0.05, 0.1) is 16.2 Å². The number of carbonyl (C=O) groups excluding carboxylic acids is 1. The molecule has 3 aromatic rings. The molecule has 2 N–H and O–H groups in total. The number of hydrogen-bond donors (Lipinski definition) is 1. The molecule has 5 nitrogen and oxygen atoms in total. The van der Waals surface area contributed by atoms with Gasteiger partial charge in [-0.15, -0.1) is 0 Å². The maximum Gasteiger partial charge on any atom is 0.416 e. The molecule has 37 heavy (non-hydrogen) atoms. The number of benzene rings is 3. The van der Waals surface area contributed by atoms with Gasteiger partial charge in [0.15, 0.2) is 9.84 Å². The Hall–Kier alpha value is -3.33. The van der Waals surface area contributed by atoms with E-state index in [-0.39, 0.29) is 22.5 Å². The molecule has 9 heteroatoms. The smallest absolute Gasteiger partial charge is 0.371 e. The van der Waals surface area contributed by atoms with E-state index < -0.39 is 27.5 Å². The second-order valence-electron chi connectivity index (χ2n) is 9.54.